The molecule has 1 aromatic rings. The lowest BCUT2D eigenvalue weighted by molar-refractivity contribution is -0.149. The number of rotatable bonds is 4. The molecule has 0 aromatic heterocycles. The van der Waals surface area contributed by atoms with E-state index in [1.54, 1.807) is 6.92 Å². The fourth-order valence-electron chi connectivity index (χ4n) is 3.82. The van der Waals surface area contributed by atoms with Gasteiger partial charge in [0.15, 0.2) is 0 Å². The first-order valence-electron chi connectivity index (χ1n) is 9.27. The van der Waals surface area contributed by atoms with Crippen LogP contribution in [-0.2, 0) is 19.1 Å². The number of carbonyl (C=O) groups excluding carboxylic acids is 3. The Morgan fingerprint density at radius 3 is 2.54 bits per heavy atom. The van der Waals surface area contributed by atoms with Crippen LogP contribution in [-0.4, -0.2) is 48.4 Å². The predicted molar refractivity (Wildman–Crippen MR) is 97.7 cm³/mol. The molecule has 2 saturated heterocycles. The maximum absolute atomic E-state index is 13.0. The minimum absolute atomic E-state index is 0.103. The van der Waals surface area contributed by atoms with Gasteiger partial charge in [0.05, 0.1) is 30.7 Å². The zero-order valence-electron chi connectivity index (χ0n) is 15.7. The molecule has 26 heavy (non-hydrogen) atoms. The number of hydrogen-bond donors (Lipinski definition) is 0. The van der Waals surface area contributed by atoms with Gasteiger partial charge in [0.1, 0.15) is 0 Å². The van der Waals surface area contributed by atoms with Crippen molar-refractivity contribution in [1.82, 2.24) is 4.90 Å². The molecular weight excluding hydrogens is 332 g/mol. The van der Waals surface area contributed by atoms with E-state index < -0.39 is 6.04 Å². The van der Waals surface area contributed by atoms with Crippen LogP contribution in [0.2, 0.25) is 0 Å². The zero-order valence-corrected chi connectivity index (χ0v) is 15.7. The number of anilines is 1. The van der Waals surface area contributed by atoms with Crippen molar-refractivity contribution in [1.29, 1.82) is 0 Å². The number of aryl methyl sites for hydroxylation is 2. The van der Waals surface area contributed by atoms with Gasteiger partial charge in [-0.3, -0.25) is 19.3 Å². The van der Waals surface area contributed by atoms with Crippen LogP contribution in [0.4, 0.5) is 5.69 Å². The molecule has 6 nitrogen and oxygen atoms in total. The number of imide groups is 1. The minimum Gasteiger partial charge on any atom is -0.466 e. The summed E-state index contributed by atoms with van der Waals surface area (Å²) < 4.78 is 5.09. The molecule has 2 heterocycles. The summed E-state index contributed by atoms with van der Waals surface area (Å²) in [6.45, 7) is 7.32. The maximum Gasteiger partial charge on any atom is 0.309 e. The zero-order chi connectivity index (χ0) is 18.8. The molecule has 0 saturated carbocycles. The number of hydrogen-bond acceptors (Lipinski definition) is 5. The van der Waals surface area contributed by atoms with Crippen molar-refractivity contribution < 1.29 is 19.1 Å². The van der Waals surface area contributed by atoms with E-state index in [4.69, 9.17) is 4.74 Å². The van der Waals surface area contributed by atoms with Crippen molar-refractivity contribution in [3.8, 4) is 0 Å². The second kappa shape index (κ2) is 7.58. The molecule has 1 atom stereocenters. The van der Waals surface area contributed by atoms with E-state index in [-0.39, 0.29) is 30.1 Å². The Kier molecular flexibility index (Phi) is 5.41. The third-order valence-electron chi connectivity index (χ3n) is 5.32. The van der Waals surface area contributed by atoms with Crippen LogP contribution in [0.25, 0.3) is 0 Å². The molecule has 2 fully saturated rings. The normalized spacial score (nSPS) is 22.1. The van der Waals surface area contributed by atoms with E-state index in [1.807, 2.05) is 36.9 Å². The molecule has 0 spiro atoms. The Labute approximate surface area is 154 Å². The van der Waals surface area contributed by atoms with Crippen LogP contribution in [0.5, 0.6) is 0 Å². The molecule has 2 amide bonds. The number of nitrogens with zero attached hydrogens (tertiary/aromatic N) is 2. The van der Waals surface area contributed by atoms with E-state index >= 15 is 0 Å². The van der Waals surface area contributed by atoms with Gasteiger partial charge in [-0.2, -0.15) is 0 Å². The van der Waals surface area contributed by atoms with Gasteiger partial charge in [0, 0.05) is 0 Å². The number of carbonyl (C=O) groups is 3. The summed E-state index contributed by atoms with van der Waals surface area (Å²) in [6, 6.07) is 5.37. The van der Waals surface area contributed by atoms with E-state index in [9.17, 15) is 14.4 Å². The third kappa shape index (κ3) is 3.51. The number of likely N-dealkylation sites (tertiary alicyclic amines) is 1. The lowest BCUT2D eigenvalue weighted by Crippen LogP contribution is -2.47. The monoisotopic (exact) mass is 358 g/mol. The van der Waals surface area contributed by atoms with Crippen LogP contribution < -0.4 is 4.90 Å². The summed E-state index contributed by atoms with van der Waals surface area (Å²) in [4.78, 5) is 40.8. The predicted octanol–water partition coefficient (Wildman–Crippen LogP) is 2.21. The molecule has 3 rings (SSSR count). The van der Waals surface area contributed by atoms with E-state index in [1.165, 1.54) is 4.90 Å². The summed E-state index contributed by atoms with van der Waals surface area (Å²) in [6.07, 6.45) is 1.54. The molecule has 0 radical (unpaired) electrons. The molecule has 0 N–H and O–H groups in total. The number of piperidine rings is 1. The smallest absolute Gasteiger partial charge is 0.309 e. The Bertz CT molecular complexity index is 723. The van der Waals surface area contributed by atoms with Crippen LogP contribution >= 0.6 is 0 Å². The largest absolute Gasteiger partial charge is 0.466 e. The topological polar surface area (TPSA) is 66.9 Å². The van der Waals surface area contributed by atoms with Gasteiger partial charge >= 0.3 is 5.97 Å². The Morgan fingerprint density at radius 1 is 1.19 bits per heavy atom. The summed E-state index contributed by atoms with van der Waals surface area (Å²) in [5.41, 5.74) is 2.62. The highest BCUT2D eigenvalue weighted by molar-refractivity contribution is 6.22. The van der Waals surface area contributed by atoms with Crippen LogP contribution in [0.3, 0.4) is 0 Å². The average Bonchev–Trinajstić information content (AvgIpc) is 2.92. The molecular formula is C20H26N2O4. The fourth-order valence-corrected chi connectivity index (χ4v) is 3.82. The standard InChI is InChI=1S/C20H26N2O4/c1-4-26-20(25)15-7-9-21(10-8-15)17-12-18(23)22(19(17)24)16-11-13(2)5-6-14(16)3/h5-6,11,15,17H,4,7-10,12H2,1-3H3. The highest BCUT2D eigenvalue weighted by atomic mass is 16.5. The first kappa shape index (κ1) is 18.6. The Hall–Kier alpha value is -2.21. The summed E-state index contributed by atoms with van der Waals surface area (Å²) >= 11 is 0. The van der Waals surface area contributed by atoms with Crippen LogP contribution in [0.1, 0.15) is 37.3 Å². The highest BCUT2D eigenvalue weighted by Crippen LogP contribution is 2.31. The van der Waals surface area contributed by atoms with E-state index in [0.717, 1.165) is 11.1 Å². The van der Waals surface area contributed by atoms with Crippen molar-refractivity contribution in [2.75, 3.05) is 24.6 Å². The molecule has 1 unspecified atom stereocenters. The van der Waals surface area contributed by atoms with Gasteiger partial charge < -0.3 is 4.74 Å². The molecule has 6 heteroatoms. The maximum atomic E-state index is 13.0. The van der Waals surface area contributed by atoms with E-state index in [0.29, 0.717) is 38.2 Å². The second-order valence-corrected chi connectivity index (χ2v) is 7.14. The first-order chi connectivity index (χ1) is 12.4. The molecule has 0 bridgehead atoms. The molecule has 1 aromatic carbocycles. The van der Waals surface area contributed by atoms with Crippen LogP contribution in [0, 0.1) is 19.8 Å². The van der Waals surface area contributed by atoms with Gasteiger partial charge in [0.2, 0.25) is 5.91 Å². The van der Waals surface area contributed by atoms with Crippen molar-refractivity contribution in [3.05, 3.63) is 29.3 Å². The molecule has 140 valence electrons. The van der Waals surface area contributed by atoms with Crippen molar-refractivity contribution in [2.24, 2.45) is 5.92 Å². The van der Waals surface area contributed by atoms with Gasteiger partial charge in [-0.15, -0.1) is 0 Å². The van der Waals surface area contributed by atoms with E-state index in [2.05, 4.69) is 0 Å². The van der Waals surface area contributed by atoms with Crippen molar-refractivity contribution in [3.63, 3.8) is 0 Å². The summed E-state index contributed by atoms with van der Waals surface area (Å²) in [7, 11) is 0. The molecule has 2 aliphatic heterocycles. The fraction of sp³-hybridized carbons (Fsp3) is 0.550. The Balaban J connectivity index is 1.70. The third-order valence-corrected chi connectivity index (χ3v) is 5.32. The highest BCUT2D eigenvalue weighted by Gasteiger charge is 2.44. The first-order valence-corrected chi connectivity index (χ1v) is 9.27. The number of esters is 1. The van der Waals surface area contributed by atoms with Crippen LogP contribution in [0.15, 0.2) is 18.2 Å². The summed E-state index contributed by atoms with van der Waals surface area (Å²) in [5, 5.41) is 0. The second-order valence-electron chi connectivity index (χ2n) is 7.14. The van der Waals surface area contributed by atoms with Gasteiger partial charge in [-0.1, -0.05) is 12.1 Å². The van der Waals surface area contributed by atoms with Crippen molar-refractivity contribution >= 4 is 23.5 Å². The molecule has 2 aliphatic rings. The van der Waals surface area contributed by atoms with Crippen molar-refractivity contribution in [2.45, 2.75) is 46.1 Å². The number of benzene rings is 1. The van der Waals surface area contributed by atoms with Gasteiger partial charge in [0.25, 0.3) is 5.91 Å². The average molecular weight is 358 g/mol. The lowest BCUT2D eigenvalue weighted by Gasteiger charge is -2.33. The number of amides is 2. The Morgan fingerprint density at radius 2 is 1.88 bits per heavy atom. The lowest BCUT2D eigenvalue weighted by atomic mass is 9.95. The summed E-state index contributed by atoms with van der Waals surface area (Å²) in [5.74, 6) is -0.564. The quantitative estimate of drug-likeness (QED) is 0.610. The molecule has 0 aliphatic carbocycles. The van der Waals surface area contributed by atoms with Gasteiger partial charge in [-0.05, 0) is 63.9 Å². The number of ether oxygens (including phenoxy) is 1. The minimum atomic E-state index is -0.425. The SMILES string of the molecule is CCOC(=O)C1CCN(C2CC(=O)N(c3cc(C)ccc3C)C2=O)CC1. The van der Waals surface area contributed by atoms with Gasteiger partial charge in [-0.25, -0.2) is 4.90 Å².